The number of amides is 2. The summed E-state index contributed by atoms with van der Waals surface area (Å²) in [5.74, 6) is 0. The van der Waals surface area contributed by atoms with Crippen molar-refractivity contribution in [2.75, 3.05) is 20.6 Å². The van der Waals surface area contributed by atoms with Crippen LogP contribution >= 0.6 is 0 Å². The van der Waals surface area contributed by atoms with Gasteiger partial charge in [-0.05, 0) is 5.56 Å². The Morgan fingerprint density at radius 1 is 1.33 bits per heavy atom. The van der Waals surface area contributed by atoms with Crippen LogP contribution in [0.5, 0.6) is 0 Å². The lowest BCUT2D eigenvalue weighted by Crippen LogP contribution is -2.34. The number of nitrogens with zero attached hydrogens (tertiary/aromatic N) is 1. The molecule has 3 heteroatoms. The summed E-state index contributed by atoms with van der Waals surface area (Å²) in [6.45, 7) is 0.548. The van der Waals surface area contributed by atoms with E-state index in [0.717, 1.165) is 5.56 Å². The van der Waals surface area contributed by atoms with Gasteiger partial charge in [-0.3, -0.25) is 0 Å². The first-order valence-electron chi connectivity index (χ1n) is 4.87. The van der Waals surface area contributed by atoms with Gasteiger partial charge >= 0.3 is 6.03 Å². The van der Waals surface area contributed by atoms with Gasteiger partial charge in [-0.15, -0.1) is 0 Å². The molecule has 0 aromatic heterocycles. The standard InChI is InChI=1S/C12H16N2O/c1-14(2)12(15)13-10-6-9-11-7-4-3-5-8-11/h3-9H,10H2,1-2H3,(H,13,15)/b9-6+. The fraction of sp³-hybridized carbons (Fsp3) is 0.250. The van der Waals surface area contributed by atoms with Crippen LogP contribution in [0.2, 0.25) is 0 Å². The van der Waals surface area contributed by atoms with E-state index in [9.17, 15) is 4.79 Å². The summed E-state index contributed by atoms with van der Waals surface area (Å²) >= 11 is 0. The lowest BCUT2D eigenvalue weighted by atomic mass is 10.2. The van der Waals surface area contributed by atoms with Gasteiger partial charge in [-0.2, -0.15) is 0 Å². The fourth-order valence-corrected chi connectivity index (χ4v) is 1.06. The van der Waals surface area contributed by atoms with Gasteiger partial charge in [0.2, 0.25) is 0 Å². The molecule has 0 unspecified atom stereocenters. The summed E-state index contributed by atoms with van der Waals surface area (Å²) in [6, 6.07) is 9.91. The van der Waals surface area contributed by atoms with Crippen molar-refractivity contribution in [1.82, 2.24) is 10.2 Å². The van der Waals surface area contributed by atoms with E-state index in [1.165, 1.54) is 4.90 Å². The summed E-state index contributed by atoms with van der Waals surface area (Å²) in [7, 11) is 3.44. The van der Waals surface area contributed by atoms with Crippen molar-refractivity contribution in [2.24, 2.45) is 0 Å². The molecule has 0 atom stereocenters. The maximum absolute atomic E-state index is 11.1. The third-order valence-electron chi connectivity index (χ3n) is 1.89. The van der Waals surface area contributed by atoms with Gasteiger partial charge < -0.3 is 10.2 Å². The number of carbonyl (C=O) groups excluding carboxylic acids is 1. The minimum absolute atomic E-state index is 0.0762. The Kier molecular flexibility index (Phi) is 4.41. The number of rotatable bonds is 3. The normalized spacial score (nSPS) is 10.3. The molecule has 2 amide bonds. The maximum Gasteiger partial charge on any atom is 0.317 e. The minimum Gasteiger partial charge on any atom is -0.335 e. The average Bonchev–Trinajstić information content (AvgIpc) is 2.25. The van der Waals surface area contributed by atoms with E-state index in [2.05, 4.69) is 5.32 Å². The molecule has 0 fully saturated rings. The second kappa shape index (κ2) is 5.86. The van der Waals surface area contributed by atoms with Crippen LogP contribution in [0.15, 0.2) is 36.4 Å². The molecule has 0 saturated carbocycles. The minimum atomic E-state index is -0.0762. The fourth-order valence-electron chi connectivity index (χ4n) is 1.06. The predicted molar refractivity (Wildman–Crippen MR) is 62.6 cm³/mol. The van der Waals surface area contributed by atoms with Crippen LogP contribution < -0.4 is 5.32 Å². The van der Waals surface area contributed by atoms with E-state index in [1.54, 1.807) is 14.1 Å². The quantitative estimate of drug-likeness (QED) is 0.802. The van der Waals surface area contributed by atoms with E-state index in [1.807, 2.05) is 42.5 Å². The summed E-state index contributed by atoms with van der Waals surface area (Å²) in [5.41, 5.74) is 1.14. The zero-order chi connectivity index (χ0) is 11.1. The van der Waals surface area contributed by atoms with Crippen LogP contribution in [0.1, 0.15) is 5.56 Å². The molecule has 0 heterocycles. The molecule has 1 rings (SSSR count). The number of hydrogen-bond donors (Lipinski definition) is 1. The molecule has 1 aromatic rings. The highest BCUT2D eigenvalue weighted by Gasteiger charge is 1.98. The third-order valence-corrected chi connectivity index (χ3v) is 1.89. The Morgan fingerprint density at radius 2 is 2.00 bits per heavy atom. The highest BCUT2D eigenvalue weighted by molar-refractivity contribution is 5.73. The lowest BCUT2D eigenvalue weighted by Gasteiger charge is -2.09. The average molecular weight is 204 g/mol. The van der Waals surface area contributed by atoms with Gasteiger partial charge in [0.15, 0.2) is 0 Å². The van der Waals surface area contributed by atoms with Gasteiger partial charge in [0, 0.05) is 20.6 Å². The molecule has 0 spiro atoms. The molecule has 0 aliphatic heterocycles. The maximum atomic E-state index is 11.1. The second-order valence-electron chi connectivity index (χ2n) is 3.39. The first-order valence-corrected chi connectivity index (χ1v) is 4.87. The zero-order valence-electron chi connectivity index (χ0n) is 9.10. The molecule has 15 heavy (non-hydrogen) atoms. The molecule has 0 saturated heterocycles. The van der Waals surface area contributed by atoms with Crippen molar-refractivity contribution < 1.29 is 4.79 Å². The molecule has 0 radical (unpaired) electrons. The highest BCUT2D eigenvalue weighted by atomic mass is 16.2. The molecule has 80 valence electrons. The number of carbonyl (C=O) groups is 1. The van der Waals surface area contributed by atoms with E-state index in [0.29, 0.717) is 6.54 Å². The van der Waals surface area contributed by atoms with Crippen LogP contribution in [0.3, 0.4) is 0 Å². The summed E-state index contributed by atoms with van der Waals surface area (Å²) in [4.78, 5) is 12.6. The van der Waals surface area contributed by atoms with Crippen molar-refractivity contribution in [3.63, 3.8) is 0 Å². The summed E-state index contributed by atoms with van der Waals surface area (Å²) < 4.78 is 0. The van der Waals surface area contributed by atoms with Gasteiger partial charge in [-0.1, -0.05) is 42.5 Å². The van der Waals surface area contributed by atoms with E-state index in [4.69, 9.17) is 0 Å². The predicted octanol–water partition coefficient (Wildman–Crippen LogP) is 1.97. The van der Waals surface area contributed by atoms with Crippen molar-refractivity contribution >= 4 is 12.1 Å². The molecular weight excluding hydrogens is 188 g/mol. The van der Waals surface area contributed by atoms with E-state index >= 15 is 0 Å². The molecule has 0 aliphatic carbocycles. The van der Waals surface area contributed by atoms with Crippen LogP contribution in [0.4, 0.5) is 4.79 Å². The SMILES string of the molecule is CN(C)C(=O)NC/C=C/c1ccccc1. The largest absolute Gasteiger partial charge is 0.335 e. The molecular formula is C12H16N2O. The highest BCUT2D eigenvalue weighted by Crippen LogP contribution is 1.99. The summed E-state index contributed by atoms with van der Waals surface area (Å²) in [5, 5.41) is 2.75. The van der Waals surface area contributed by atoms with Gasteiger partial charge in [0.05, 0.1) is 0 Å². The molecule has 1 aromatic carbocycles. The lowest BCUT2D eigenvalue weighted by molar-refractivity contribution is 0.218. The topological polar surface area (TPSA) is 32.3 Å². The van der Waals surface area contributed by atoms with Gasteiger partial charge in [0.25, 0.3) is 0 Å². The number of benzene rings is 1. The van der Waals surface area contributed by atoms with Crippen molar-refractivity contribution in [3.8, 4) is 0 Å². The van der Waals surface area contributed by atoms with Gasteiger partial charge in [-0.25, -0.2) is 4.79 Å². The van der Waals surface area contributed by atoms with E-state index in [-0.39, 0.29) is 6.03 Å². The molecule has 0 bridgehead atoms. The van der Waals surface area contributed by atoms with Crippen molar-refractivity contribution in [1.29, 1.82) is 0 Å². The Hall–Kier alpha value is -1.77. The summed E-state index contributed by atoms with van der Waals surface area (Å²) in [6.07, 6.45) is 3.91. The Labute approximate surface area is 90.4 Å². The number of urea groups is 1. The smallest absolute Gasteiger partial charge is 0.317 e. The first kappa shape index (κ1) is 11.3. The zero-order valence-corrected chi connectivity index (χ0v) is 9.10. The van der Waals surface area contributed by atoms with Crippen LogP contribution in [0.25, 0.3) is 6.08 Å². The Balaban J connectivity index is 2.32. The Morgan fingerprint density at radius 3 is 2.60 bits per heavy atom. The van der Waals surface area contributed by atoms with Crippen LogP contribution in [0, 0.1) is 0 Å². The van der Waals surface area contributed by atoms with E-state index < -0.39 is 0 Å². The Bertz CT molecular complexity index is 331. The molecule has 1 N–H and O–H groups in total. The molecule has 3 nitrogen and oxygen atoms in total. The van der Waals surface area contributed by atoms with Crippen molar-refractivity contribution in [3.05, 3.63) is 42.0 Å². The first-order chi connectivity index (χ1) is 7.20. The number of hydrogen-bond acceptors (Lipinski definition) is 1. The molecule has 0 aliphatic rings. The third kappa shape index (κ3) is 4.31. The second-order valence-corrected chi connectivity index (χ2v) is 3.39. The monoisotopic (exact) mass is 204 g/mol. The van der Waals surface area contributed by atoms with Crippen LogP contribution in [-0.4, -0.2) is 31.6 Å². The number of nitrogens with one attached hydrogen (secondary N) is 1. The van der Waals surface area contributed by atoms with Gasteiger partial charge in [0.1, 0.15) is 0 Å². The van der Waals surface area contributed by atoms with Crippen LogP contribution in [-0.2, 0) is 0 Å². The van der Waals surface area contributed by atoms with Crippen molar-refractivity contribution in [2.45, 2.75) is 0 Å².